The van der Waals surface area contributed by atoms with Gasteiger partial charge >= 0.3 is 0 Å². The summed E-state index contributed by atoms with van der Waals surface area (Å²) in [6.07, 6.45) is 2.39. The van der Waals surface area contributed by atoms with E-state index in [1.807, 2.05) is 0 Å². The average molecular weight is 521 g/mol. The zero-order valence-electron chi connectivity index (χ0n) is 15.7. The lowest BCUT2D eigenvalue weighted by molar-refractivity contribution is 0.608. The molecule has 2 rings (SSSR count). The first-order valence-corrected chi connectivity index (χ1v) is 15.2. The number of unbranched alkanes of at least 4 members (excludes halogenated alkanes) is 1. The lowest BCUT2D eigenvalue weighted by Crippen LogP contribution is -2.17. The summed E-state index contributed by atoms with van der Waals surface area (Å²) in [6.45, 7) is 0. The molecule has 0 aliphatic heterocycles. The number of benzene rings is 2. The van der Waals surface area contributed by atoms with Crippen molar-refractivity contribution in [1.29, 1.82) is 0 Å². The van der Waals surface area contributed by atoms with E-state index in [-0.39, 0.29) is 9.79 Å². The van der Waals surface area contributed by atoms with Crippen LogP contribution in [0.25, 0.3) is 0 Å². The first kappa shape index (κ1) is 25.1. The second-order valence-corrected chi connectivity index (χ2v) is 14.1. The number of hydrogen-bond acceptors (Lipinski definition) is 8. The standard InChI is InChI=1S/C18H20N2O4S6/c21-29(22,15-9-3-1-4-10-15)27-19-17(25)13-7-8-14-18(26)20-28-30(23,24)16-11-5-2-6-12-16/h1-6,9-12H,7-8,13-14H2,(H,19,25)(H,20,26). The molecule has 0 saturated carbocycles. The Morgan fingerprint density at radius 3 is 1.33 bits per heavy atom. The molecule has 162 valence electrons. The van der Waals surface area contributed by atoms with Gasteiger partial charge in [-0.25, -0.2) is 16.8 Å². The maximum absolute atomic E-state index is 12.2. The van der Waals surface area contributed by atoms with E-state index in [0.29, 0.717) is 57.6 Å². The Morgan fingerprint density at radius 2 is 1.00 bits per heavy atom. The topological polar surface area (TPSA) is 92.3 Å². The van der Waals surface area contributed by atoms with Crippen molar-refractivity contribution in [1.82, 2.24) is 9.44 Å². The van der Waals surface area contributed by atoms with E-state index in [1.54, 1.807) is 36.4 Å². The minimum atomic E-state index is -3.52. The second-order valence-electron chi connectivity index (χ2n) is 5.96. The normalized spacial score (nSPS) is 11.6. The molecule has 2 aromatic carbocycles. The quantitative estimate of drug-likeness (QED) is 0.191. The molecule has 0 amide bonds. The third-order valence-electron chi connectivity index (χ3n) is 3.65. The lowest BCUT2D eigenvalue weighted by atomic mass is 10.2. The Hall–Kier alpha value is -1.18. The molecule has 0 atom stereocenters. The Bertz CT molecular complexity index is 971. The van der Waals surface area contributed by atoms with E-state index >= 15 is 0 Å². The van der Waals surface area contributed by atoms with Gasteiger partial charge in [-0.2, -0.15) is 0 Å². The maximum Gasteiger partial charge on any atom is 0.249 e. The van der Waals surface area contributed by atoms with Gasteiger partial charge in [-0.05, 0) is 49.9 Å². The molecule has 2 N–H and O–H groups in total. The average Bonchev–Trinajstić information content (AvgIpc) is 2.75. The SMILES string of the molecule is O=S(=O)(SNC(=S)CCCCC(=S)NSS(=O)(=O)c1ccccc1)c1ccccc1. The molecule has 0 unspecified atom stereocenters. The van der Waals surface area contributed by atoms with Crippen molar-refractivity contribution in [2.75, 3.05) is 0 Å². The summed E-state index contributed by atoms with van der Waals surface area (Å²) < 4.78 is 54.1. The molecule has 12 heteroatoms. The van der Waals surface area contributed by atoms with Crippen molar-refractivity contribution in [3.05, 3.63) is 60.7 Å². The number of hydrogen-bond donors (Lipinski definition) is 2. The van der Waals surface area contributed by atoms with Crippen LogP contribution >= 0.6 is 46.4 Å². The van der Waals surface area contributed by atoms with Crippen LogP contribution in [-0.4, -0.2) is 26.8 Å². The van der Waals surface area contributed by atoms with Gasteiger partial charge in [-0.3, -0.25) is 0 Å². The predicted molar refractivity (Wildman–Crippen MR) is 132 cm³/mol. The van der Waals surface area contributed by atoms with Crippen LogP contribution in [0.15, 0.2) is 70.5 Å². The molecule has 0 aliphatic carbocycles. The highest BCUT2D eigenvalue weighted by molar-refractivity contribution is 8.71. The van der Waals surface area contributed by atoms with Gasteiger partial charge < -0.3 is 9.44 Å². The van der Waals surface area contributed by atoms with Gasteiger partial charge in [-0.1, -0.05) is 60.8 Å². The predicted octanol–water partition coefficient (Wildman–Crippen LogP) is 4.46. The molecule has 0 aromatic heterocycles. The van der Waals surface area contributed by atoms with Gasteiger partial charge in [0.25, 0.3) is 0 Å². The molecule has 0 saturated heterocycles. The van der Waals surface area contributed by atoms with Gasteiger partial charge in [0.05, 0.1) is 41.7 Å². The molecular formula is C18H20N2O4S6. The minimum absolute atomic E-state index is 0.213. The summed E-state index contributed by atoms with van der Waals surface area (Å²) >= 11 is 10.4. The second kappa shape index (κ2) is 12.0. The number of thiocarbonyl (C=S) groups is 2. The van der Waals surface area contributed by atoms with E-state index in [1.165, 1.54) is 24.3 Å². The smallest absolute Gasteiger partial charge is 0.249 e. The van der Waals surface area contributed by atoms with Crippen molar-refractivity contribution in [3.8, 4) is 0 Å². The Balaban J connectivity index is 1.65. The van der Waals surface area contributed by atoms with Gasteiger partial charge in [0.2, 0.25) is 17.7 Å². The van der Waals surface area contributed by atoms with Crippen LogP contribution in [0.1, 0.15) is 25.7 Å². The summed E-state index contributed by atoms with van der Waals surface area (Å²) in [5.41, 5.74) is 0. The molecule has 0 spiro atoms. The monoisotopic (exact) mass is 520 g/mol. The Kier molecular flexibility index (Phi) is 10.0. The molecule has 6 nitrogen and oxygen atoms in total. The molecule has 0 radical (unpaired) electrons. The van der Waals surface area contributed by atoms with Crippen molar-refractivity contribution < 1.29 is 16.8 Å². The summed E-state index contributed by atoms with van der Waals surface area (Å²) in [4.78, 5) is 1.29. The van der Waals surface area contributed by atoms with E-state index in [9.17, 15) is 16.8 Å². The fourth-order valence-electron chi connectivity index (χ4n) is 2.15. The van der Waals surface area contributed by atoms with Crippen LogP contribution < -0.4 is 9.44 Å². The van der Waals surface area contributed by atoms with Crippen LogP contribution in [0.2, 0.25) is 0 Å². The zero-order chi connectivity index (χ0) is 22.0. The van der Waals surface area contributed by atoms with E-state index in [2.05, 4.69) is 9.44 Å². The van der Waals surface area contributed by atoms with E-state index in [0.717, 1.165) is 0 Å². The van der Waals surface area contributed by atoms with Crippen LogP contribution in [0.4, 0.5) is 0 Å². The molecule has 0 bridgehead atoms. The Morgan fingerprint density at radius 1 is 0.667 bits per heavy atom. The fourth-order valence-corrected chi connectivity index (χ4v) is 7.29. The first-order valence-electron chi connectivity index (χ1n) is 8.75. The van der Waals surface area contributed by atoms with Gasteiger partial charge in [0.15, 0.2) is 0 Å². The van der Waals surface area contributed by atoms with Gasteiger partial charge in [-0.15, -0.1) is 0 Å². The highest BCUT2D eigenvalue weighted by Crippen LogP contribution is 2.22. The van der Waals surface area contributed by atoms with Crippen molar-refractivity contribution in [2.45, 2.75) is 35.5 Å². The van der Waals surface area contributed by atoms with Crippen molar-refractivity contribution >= 4 is 74.1 Å². The molecule has 0 aliphatic rings. The van der Waals surface area contributed by atoms with Crippen LogP contribution in [0, 0.1) is 0 Å². The highest BCUT2D eigenvalue weighted by Gasteiger charge is 2.17. The minimum Gasteiger partial charge on any atom is -0.311 e. The van der Waals surface area contributed by atoms with Crippen molar-refractivity contribution in [3.63, 3.8) is 0 Å². The summed E-state index contributed by atoms with van der Waals surface area (Å²) in [5.74, 6) is 0. The number of nitrogens with one attached hydrogen (secondary N) is 2. The van der Waals surface area contributed by atoms with Crippen LogP contribution in [0.5, 0.6) is 0 Å². The van der Waals surface area contributed by atoms with Crippen LogP contribution in [-0.2, 0) is 17.7 Å². The molecule has 0 fully saturated rings. The maximum atomic E-state index is 12.2. The summed E-state index contributed by atoms with van der Waals surface area (Å²) in [7, 11) is -5.86. The van der Waals surface area contributed by atoms with E-state index < -0.39 is 17.7 Å². The molecule has 2 aromatic rings. The van der Waals surface area contributed by atoms with Crippen molar-refractivity contribution in [2.24, 2.45) is 0 Å². The molecule has 0 heterocycles. The first-order chi connectivity index (χ1) is 14.2. The van der Waals surface area contributed by atoms with Gasteiger partial charge in [0.1, 0.15) is 0 Å². The zero-order valence-corrected chi connectivity index (χ0v) is 20.6. The third kappa shape index (κ3) is 8.52. The third-order valence-corrected chi connectivity index (χ3v) is 10.3. The highest BCUT2D eigenvalue weighted by atomic mass is 33.1. The van der Waals surface area contributed by atoms with E-state index in [4.69, 9.17) is 24.4 Å². The Labute approximate surface area is 195 Å². The van der Waals surface area contributed by atoms with Crippen LogP contribution in [0.3, 0.4) is 0 Å². The lowest BCUT2D eigenvalue weighted by Gasteiger charge is -2.09. The molecule has 30 heavy (non-hydrogen) atoms. The molecular weight excluding hydrogens is 501 g/mol. The fraction of sp³-hybridized carbons (Fsp3) is 0.222. The van der Waals surface area contributed by atoms with Gasteiger partial charge in [0, 0.05) is 0 Å². The number of rotatable bonds is 11. The largest absolute Gasteiger partial charge is 0.311 e. The summed E-state index contributed by atoms with van der Waals surface area (Å²) in [6, 6.07) is 16.2. The summed E-state index contributed by atoms with van der Waals surface area (Å²) in [5, 5.41) is 0.